The average molecular weight is 1870 g/mol. The number of thiophene rings is 2. The van der Waals surface area contributed by atoms with E-state index in [1.54, 1.807) is 55.4 Å². The lowest BCUT2D eigenvalue weighted by Gasteiger charge is -2.25. The number of hydrogen-bond acceptors (Lipinski definition) is 32. The summed E-state index contributed by atoms with van der Waals surface area (Å²) >= 11 is 5.37. The van der Waals surface area contributed by atoms with Crippen molar-refractivity contribution in [2.45, 2.75) is 74.6 Å². The molecule has 0 amide bonds. The van der Waals surface area contributed by atoms with Crippen LogP contribution in [-0.4, -0.2) is 224 Å². The van der Waals surface area contributed by atoms with Crippen LogP contribution in [0.3, 0.4) is 0 Å². The van der Waals surface area contributed by atoms with E-state index in [0.29, 0.717) is 87.0 Å². The molecule has 0 aromatic carbocycles. The highest BCUT2D eigenvalue weighted by atomic mass is 32.3. The number of sulfonamides is 2. The van der Waals surface area contributed by atoms with Crippen molar-refractivity contribution in [3.8, 4) is 45.0 Å². The number of imidazole rings is 4. The van der Waals surface area contributed by atoms with Gasteiger partial charge in [-0.25, -0.2) is 66.4 Å². The van der Waals surface area contributed by atoms with E-state index in [-0.39, 0.29) is 17.4 Å². The van der Waals surface area contributed by atoms with Gasteiger partial charge in [0.2, 0.25) is 10.0 Å². The highest BCUT2D eigenvalue weighted by molar-refractivity contribution is 7.92. The zero-order valence-electron chi connectivity index (χ0n) is 72.9. The van der Waals surface area contributed by atoms with Crippen LogP contribution < -0.4 is 47.3 Å². The van der Waals surface area contributed by atoms with Gasteiger partial charge in [0.15, 0.2) is 45.9 Å². The predicted octanol–water partition coefficient (Wildman–Crippen LogP) is 11.4. The molecule has 1 saturated heterocycles. The number of aromatic nitrogens is 22. The zero-order valence-corrected chi connectivity index (χ0v) is 77.8. The smallest absolute Gasteiger partial charge is 0.253 e. The van der Waals surface area contributed by atoms with E-state index < -0.39 is 20.0 Å². The van der Waals surface area contributed by atoms with Gasteiger partial charge in [-0.05, 0) is 142 Å². The van der Waals surface area contributed by atoms with Gasteiger partial charge >= 0.3 is 0 Å². The van der Waals surface area contributed by atoms with E-state index in [2.05, 4.69) is 162 Å². The van der Waals surface area contributed by atoms with Crippen molar-refractivity contribution in [2.24, 2.45) is 28.2 Å². The number of nitrogens with one attached hydrogen (secondary N) is 9. The number of anilines is 8. The molecule has 0 atom stereocenters. The minimum absolute atomic E-state index is 0.0407. The third-order valence-corrected chi connectivity index (χ3v) is 30.5. The molecule has 44 heteroatoms. The first-order chi connectivity index (χ1) is 63.0. The highest BCUT2D eigenvalue weighted by Gasteiger charge is 2.32. The molecular weight excluding hydrogens is 1770 g/mol. The van der Waals surface area contributed by atoms with Gasteiger partial charge in [0.1, 0.15) is 18.4 Å². The van der Waals surface area contributed by atoms with Gasteiger partial charge in [0.05, 0.1) is 142 Å². The summed E-state index contributed by atoms with van der Waals surface area (Å²) in [5.74, 6) is 2.93. The number of aryl methyl sites for hydroxylation is 7. The highest BCUT2D eigenvalue weighted by Crippen LogP contribution is 2.40. The quantitative estimate of drug-likeness (QED) is 0.0284. The van der Waals surface area contributed by atoms with Crippen molar-refractivity contribution in [1.82, 2.24) is 136 Å². The Balaban J connectivity index is 0.000000117. The standard InChI is InChI=1S/C24H28N8O3S2.C22H26N8O3S2.C21H24N8S.C19H20N8S/c1-16-10-21(36-24(16)37(33,34)31-6-8-35-9-7-31)29-22-23-26-13-20(18-12-27-30(2)14-18)32(23)15-19(28-22)17-4-3-5-25-11-17;1-14-8-19(34-22(14)35(32,33)26-6-7-31)28-20-21-24-11-18(16-10-25-29(2)12-16)30(21)13-17(27-20)15-4-3-5-23-9-15;1-13(2)16-7-19(30-27-16)26-20-21-23-10-18(15-9-24-28(3)11-15)29(21)12-17(25-20)14-5-4-6-22-8-14;1-12-21-9-17(28-12)25-18-19-22-8-16(14-7-23-26(2)10-14)27(19)11-15(24-18)13-4-3-5-20-6-13/h4,10,12-15,25H,3,5-9,11H2,1-2H3,(H,28,29);4,8,10-13,23,26,31H,3,5-7,9H2,1-2H3,(H,27,28);5,7,9-13,22H,4,6,8H2,1-3H3,(H,25,26);4,7-11,20H,3,5-6H2,1-2H3,(H,24,25). The summed E-state index contributed by atoms with van der Waals surface area (Å²) in [6, 6.07) is 5.72. The van der Waals surface area contributed by atoms with E-state index >= 15 is 0 Å². The number of aliphatic hydroxyl groups excluding tert-OH is 1. The largest absolute Gasteiger partial charge is 0.395 e. The fourth-order valence-corrected chi connectivity index (χ4v) is 22.8. The Morgan fingerprint density at radius 2 is 0.808 bits per heavy atom. The molecule has 0 radical (unpaired) electrons. The van der Waals surface area contributed by atoms with Crippen LogP contribution in [0.25, 0.3) is 89.9 Å². The Morgan fingerprint density at radius 1 is 0.446 bits per heavy atom. The van der Waals surface area contributed by atoms with Crippen LogP contribution in [0.5, 0.6) is 0 Å². The van der Waals surface area contributed by atoms with Crippen LogP contribution in [0.15, 0.2) is 156 Å². The van der Waals surface area contributed by atoms with Gasteiger partial charge in [0.25, 0.3) is 10.0 Å². The Hall–Kier alpha value is -12.3. The molecule has 21 heterocycles. The predicted molar refractivity (Wildman–Crippen MR) is 509 cm³/mol. The van der Waals surface area contributed by atoms with Gasteiger partial charge in [0, 0.05) is 146 Å². The van der Waals surface area contributed by atoms with Gasteiger partial charge in [-0.15, -0.1) is 34.0 Å². The maximum absolute atomic E-state index is 13.3. The number of rotatable bonds is 23. The molecule has 0 aliphatic carbocycles. The van der Waals surface area contributed by atoms with Crippen LogP contribution in [0.4, 0.5) is 43.3 Å². The lowest BCUT2D eigenvalue weighted by molar-refractivity contribution is 0.0731. The van der Waals surface area contributed by atoms with E-state index in [4.69, 9.17) is 29.8 Å². The molecule has 0 saturated carbocycles. The first-order valence-corrected chi connectivity index (χ1v) is 48.6. The average Bonchev–Trinajstić information content (AvgIpc) is 1.63. The molecule has 130 heavy (non-hydrogen) atoms. The Bertz CT molecular complexity index is 7210. The number of fused-ring (bicyclic) bond motifs is 4. The molecule has 1 fully saturated rings. The second-order valence-electron chi connectivity index (χ2n) is 32.0. The molecular formula is C86H98N32O6S6. The molecule has 674 valence electrons. The van der Waals surface area contributed by atoms with E-state index in [9.17, 15) is 16.8 Å². The second kappa shape index (κ2) is 38.4. The van der Waals surface area contributed by atoms with Crippen LogP contribution in [0.2, 0.25) is 0 Å². The molecule has 5 aliphatic rings. The fraction of sp³-hybridized carbons (Fsp3) is 0.326. The number of ether oxygens (including phenoxy) is 1. The summed E-state index contributed by atoms with van der Waals surface area (Å²) in [7, 11) is 0.261. The Kier molecular flexibility index (Phi) is 26.1. The van der Waals surface area contributed by atoms with Crippen molar-refractivity contribution in [2.75, 3.05) is 113 Å². The molecule has 0 unspecified atom stereocenters. The summed E-state index contributed by atoms with van der Waals surface area (Å²) in [4.78, 5) is 42.6. The van der Waals surface area contributed by atoms with Crippen LogP contribution in [0.1, 0.15) is 90.1 Å². The molecule has 0 spiro atoms. The van der Waals surface area contributed by atoms with Crippen molar-refractivity contribution in [3.05, 3.63) is 192 Å². The Morgan fingerprint density at radius 3 is 1.13 bits per heavy atom. The molecule has 5 aliphatic heterocycles. The number of aliphatic hydroxyl groups is 1. The van der Waals surface area contributed by atoms with Gasteiger partial charge in [-0.2, -0.15) is 29.1 Å². The monoisotopic (exact) mass is 1870 g/mol. The molecule has 0 bridgehead atoms. The number of nitrogens with zero attached hydrogens (tertiary/aromatic N) is 23. The molecule has 21 rings (SSSR count). The summed E-state index contributed by atoms with van der Waals surface area (Å²) < 4.78 is 81.4. The van der Waals surface area contributed by atoms with Crippen LogP contribution in [-0.2, 0) is 53.0 Å². The first kappa shape index (κ1) is 88.4. The molecule has 10 N–H and O–H groups in total. The molecule has 16 aromatic heterocycles. The topological polar surface area (TPSA) is 427 Å². The lowest BCUT2D eigenvalue weighted by atomic mass is 10.1. The third kappa shape index (κ3) is 19.3. The molecule has 16 aromatic rings. The van der Waals surface area contributed by atoms with Gasteiger partial charge < -0.3 is 52.4 Å². The van der Waals surface area contributed by atoms with Gasteiger partial charge in [-0.1, -0.05) is 38.2 Å². The summed E-state index contributed by atoms with van der Waals surface area (Å²) in [6.07, 6.45) is 45.2. The number of morpholine rings is 1. The Labute approximate surface area is 764 Å². The third-order valence-electron chi connectivity index (χ3n) is 22.0. The SMILES string of the molecule is CC(C)c1cc(Nc2nc(C3=CCCNC3)cn3c(-c4cnn(C)c4)cnc23)sn1.Cc1cc(Nc2nc(C3=CCCNC3)cn3c(-c4cnn(C)c4)cnc23)sc1S(=O)(=O)N1CCOCC1.Cc1cc(Nc2nc(C3=CCCNC3)cn3c(-c4cnn(C)c4)cnc23)sc1S(=O)(=O)NCCO.Cc1ncc(Nc2nc(C3=CCCNC3)cn3c(-c4cnn(C)c4)cnc23)s1. The zero-order chi connectivity index (χ0) is 89.9. The van der Waals surface area contributed by atoms with Crippen LogP contribution >= 0.6 is 45.5 Å². The summed E-state index contributed by atoms with van der Waals surface area (Å²) in [5.41, 5.74) is 21.0. The van der Waals surface area contributed by atoms with Crippen LogP contribution in [0, 0.1) is 20.8 Å². The van der Waals surface area contributed by atoms with Crippen molar-refractivity contribution in [3.63, 3.8) is 0 Å². The summed E-state index contributed by atoms with van der Waals surface area (Å²) in [6.45, 7) is 18.0. The number of thiazole rings is 1. The summed E-state index contributed by atoms with van der Waals surface area (Å²) in [5, 5.41) is 57.7. The van der Waals surface area contributed by atoms with E-state index in [1.807, 2.05) is 137 Å². The van der Waals surface area contributed by atoms with Gasteiger partial charge in [-0.3, -0.25) is 36.3 Å². The maximum Gasteiger partial charge on any atom is 0.253 e. The lowest BCUT2D eigenvalue weighted by Crippen LogP contribution is -2.40. The number of hydrogen-bond donors (Lipinski definition) is 10. The van der Waals surface area contributed by atoms with E-state index in [1.165, 1.54) is 38.3 Å². The van der Waals surface area contributed by atoms with Crippen molar-refractivity contribution in [1.29, 1.82) is 0 Å². The minimum Gasteiger partial charge on any atom is -0.395 e. The normalized spacial score (nSPS) is 15.3. The maximum atomic E-state index is 13.3. The second-order valence-corrected chi connectivity index (χ2v) is 40.2. The fourth-order valence-electron chi connectivity index (χ4n) is 15.6. The minimum atomic E-state index is -3.72. The van der Waals surface area contributed by atoms with Crippen molar-refractivity contribution < 1.29 is 26.7 Å². The van der Waals surface area contributed by atoms with Crippen molar-refractivity contribution >= 4 is 154 Å². The van der Waals surface area contributed by atoms with E-state index in [0.717, 1.165) is 205 Å². The first-order valence-electron chi connectivity index (χ1n) is 42.5. The molecule has 38 nitrogen and oxygen atoms in total.